The van der Waals surface area contributed by atoms with Crippen LogP contribution in [0.4, 0.5) is 0 Å². The number of morpholine rings is 1. The number of rotatable bonds is 6. The molecular weight excluding hydrogens is 360 g/mol. The van der Waals surface area contributed by atoms with Crippen LogP contribution in [0.5, 0.6) is 0 Å². The van der Waals surface area contributed by atoms with Gasteiger partial charge in [0.1, 0.15) is 18.0 Å². The van der Waals surface area contributed by atoms with E-state index in [1.165, 1.54) is 11.0 Å². The maximum absolute atomic E-state index is 12.8. The molecule has 0 spiro atoms. The second-order valence-corrected chi connectivity index (χ2v) is 8.17. The highest BCUT2D eigenvalue weighted by Crippen LogP contribution is 2.22. The van der Waals surface area contributed by atoms with Crippen molar-refractivity contribution in [2.75, 3.05) is 32.8 Å². The number of quaternary nitrogens is 1. The molecule has 1 atom stereocenters. The van der Waals surface area contributed by atoms with Gasteiger partial charge in [0.2, 0.25) is 10.0 Å². The maximum Gasteiger partial charge on any atom is 0.242 e. The van der Waals surface area contributed by atoms with Crippen molar-refractivity contribution in [1.82, 2.24) is 4.72 Å². The minimum Gasteiger partial charge on any atom is -0.370 e. The monoisotopic (exact) mass is 381 g/mol. The van der Waals surface area contributed by atoms with Crippen molar-refractivity contribution in [2.45, 2.75) is 10.9 Å². The SMILES string of the molecule is O=S(=O)(N[C@H](C[NH+]1CCOCC1)c1ccccc1)c1ccccc1Cl. The predicted molar refractivity (Wildman–Crippen MR) is 97.3 cm³/mol. The fourth-order valence-corrected chi connectivity index (χ4v) is 4.72. The highest BCUT2D eigenvalue weighted by atomic mass is 35.5. The summed E-state index contributed by atoms with van der Waals surface area (Å²) in [7, 11) is -3.72. The van der Waals surface area contributed by atoms with E-state index in [9.17, 15) is 8.42 Å². The lowest BCUT2D eigenvalue weighted by Gasteiger charge is -2.28. The zero-order valence-electron chi connectivity index (χ0n) is 13.8. The molecule has 3 rings (SSSR count). The predicted octanol–water partition coefficient (Wildman–Crippen LogP) is 1.27. The standard InChI is InChI=1S/C18H21ClN2O3S/c19-16-8-4-5-9-18(16)25(22,23)20-17(15-6-2-1-3-7-15)14-21-10-12-24-13-11-21/h1-9,17,20H,10-14H2/p+1/t17-/m1/s1. The van der Waals surface area contributed by atoms with Crippen molar-refractivity contribution in [3.63, 3.8) is 0 Å². The van der Waals surface area contributed by atoms with Crippen molar-refractivity contribution in [3.8, 4) is 0 Å². The molecule has 1 aliphatic heterocycles. The van der Waals surface area contributed by atoms with Crippen LogP contribution in [0.25, 0.3) is 0 Å². The first-order valence-corrected chi connectivity index (χ1v) is 10.2. The molecule has 1 fully saturated rings. The normalized spacial score (nSPS) is 17.3. The highest BCUT2D eigenvalue weighted by molar-refractivity contribution is 7.89. The Labute approximate surface area is 153 Å². The Morgan fingerprint density at radius 2 is 1.68 bits per heavy atom. The van der Waals surface area contributed by atoms with Crippen molar-refractivity contribution >= 4 is 21.6 Å². The summed E-state index contributed by atoms with van der Waals surface area (Å²) in [5.41, 5.74) is 0.942. The fraction of sp³-hybridized carbons (Fsp3) is 0.333. The molecule has 2 N–H and O–H groups in total. The van der Waals surface area contributed by atoms with E-state index in [0.29, 0.717) is 19.8 Å². The van der Waals surface area contributed by atoms with Gasteiger partial charge in [0.05, 0.1) is 30.8 Å². The summed E-state index contributed by atoms with van der Waals surface area (Å²) in [5, 5.41) is 0.223. The van der Waals surface area contributed by atoms with Crippen LogP contribution < -0.4 is 9.62 Å². The minimum absolute atomic E-state index is 0.106. The Bertz CT molecular complexity index is 793. The summed E-state index contributed by atoms with van der Waals surface area (Å²) < 4.78 is 33.9. The molecule has 0 bridgehead atoms. The average molecular weight is 382 g/mol. The van der Waals surface area contributed by atoms with E-state index in [2.05, 4.69) is 4.72 Å². The molecule has 0 unspecified atom stereocenters. The first-order valence-electron chi connectivity index (χ1n) is 8.29. The van der Waals surface area contributed by atoms with Crippen molar-refractivity contribution < 1.29 is 18.1 Å². The first-order chi connectivity index (χ1) is 12.1. The van der Waals surface area contributed by atoms with Crippen molar-refractivity contribution in [2.24, 2.45) is 0 Å². The number of hydrogen-bond donors (Lipinski definition) is 2. The van der Waals surface area contributed by atoms with Crippen LogP contribution in [0.3, 0.4) is 0 Å². The highest BCUT2D eigenvalue weighted by Gasteiger charge is 2.27. The van der Waals surface area contributed by atoms with Gasteiger partial charge in [0, 0.05) is 0 Å². The number of halogens is 1. The summed E-state index contributed by atoms with van der Waals surface area (Å²) in [6.07, 6.45) is 0. The summed E-state index contributed by atoms with van der Waals surface area (Å²) in [6.45, 7) is 3.81. The third-order valence-corrected chi connectivity index (χ3v) is 6.29. The molecule has 25 heavy (non-hydrogen) atoms. The molecule has 2 aromatic carbocycles. The minimum atomic E-state index is -3.72. The van der Waals surface area contributed by atoms with E-state index in [-0.39, 0.29) is 16.0 Å². The Hall–Kier alpha value is -1.44. The van der Waals surface area contributed by atoms with Gasteiger partial charge in [0.15, 0.2) is 0 Å². The second kappa shape index (κ2) is 8.29. The molecule has 1 heterocycles. The van der Waals surface area contributed by atoms with Crippen LogP contribution in [-0.4, -0.2) is 41.3 Å². The number of hydrogen-bond acceptors (Lipinski definition) is 3. The van der Waals surface area contributed by atoms with Gasteiger partial charge in [-0.25, -0.2) is 8.42 Å². The van der Waals surface area contributed by atoms with E-state index >= 15 is 0 Å². The summed E-state index contributed by atoms with van der Waals surface area (Å²) in [6, 6.07) is 15.8. The summed E-state index contributed by atoms with van der Waals surface area (Å²) in [5.74, 6) is 0. The molecule has 0 aliphatic carbocycles. The molecular formula is C18H22ClN2O3S+. The maximum atomic E-state index is 12.8. The van der Waals surface area contributed by atoms with Crippen LogP contribution in [-0.2, 0) is 14.8 Å². The number of sulfonamides is 1. The lowest BCUT2D eigenvalue weighted by Crippen LogP contribution is -3.14. The molecule has 0 radical (unpaired) electrons. The van der Waals surface area contributed by atoms with Gasteiger partial charge in [-0.05, 0) is 17.7 Å². The Balaban J connectivity index is 1.85. The smallest absolute Gasteiger partial charge is 0.242 e. The van der Waals surface area contributed by atoms with Gasteiger partial charge in [-0.15, -0.1) is 0 Å². The van der Waals surface area contributed by atoms with Crippen LogP contribution in [0, 0.1) is 0 Å². The first kappa shape index (κ1) is 18.4. The number of benzene rings is 2. The van der Waals surface area contributed by atoms with Gasteiger partial charge < -0.3 is 9.64 Å². The zero-order valence-corrected chi connectivity index (χ0v) is 15.4. The second-order valence-electron chi connectivity index (χ2n) is 6.08. The van der Waals surface area contributed by atoms with E-state index in [0.717, 1.165) is 18.7 Å². The van der Waals surface area contributed by atoms with Gasteiger partial charge in [-0.1, -0.05) is 54.1 Å². The summed E-state index contributed by atoms with van der Waals surface area (Å²) in [4.78, 5) is 1.43. The van der Waals surface area contributed by atoms with Crippen molar-refractivity contribution in [1.29, 1.82) is 0 Å². The van der Waals surface area contributed by atoms with E-state index < -0.39 is 10.0 Å². The fourth-order valence-electron chi connectivity index (χ4n) is 2.98. The Kier molecular flexibility index (Phi) is 6.09. The van der Waals surface area contributed by atoms with Crippen LogP contribution in [0.15, 0.2) is 59.5 Å². The molecule has 5 nitrogen and oxygen atoms in total. The Morgan fingerprint density at radius 1 is 1.04 bits per heavy atom. The average Bonchev–Trinajstić information content (AvgIpc) is 2.63. The molecule has 0 aromatic heterocycles. The largest absolute Gasteiger partial charge is 0.370 e. The topological polar surface area (TPSA) is 59.8 Å². The third-order valence-electron chi connectivity index (χ3n) is 4.32. The lowest BCUT2D eigenvalue weighted by molar-refractivity contribution is -0.909. The zero-order chi connectivity index (χ0) is 17.7. The van der Waals surface area contributed by atoms with Gasteiger partial charge >= 0.3 is 0 Å². The number of nitrogens with one attached hydrogen (secondary N) is 2. The van der Waals surface area contributed by atoms with Crippen LogP contribution >= 0.6 is 11.6 Å². The molecule has 0 saturated carbocycles. The Morgan fingerprint density at radius 3 is 2.36 bits per heavy atom. The molecule has 0 amide bonds. The molecule has 1 saturated heterocycles. The third kappa shape index (κ3) is 4.80. The lowest BCUT2D eigenvalue weighted by atomic mass is 10.1. The van der Waals surface area contributed by atoms with Gasteiger partial charge in [-0.3, -0.25) is 0 Å². The quantitative estimate of drug-likeness (QED) is 0.792. The van der Waals surface area contributed by atoms with E-state index in [1.54, 1.807) is 18.2 Å². The van der Waals surface area contributed by atoms with Crippen molar-refractivity contribution in [3.05, 3.63) is 65.2 Å². The molecule has 7 heteroatoms. The van der Waals surface area contributed by atoms with Crippen LogP contribution in [0.2, 0.25) is 5.02 Å². The number of ether oxygens (including phenoxy) is 1. The van der Waals surface area contributed by atoms with Gasteiger partial charge in [0.25, 0.3) is 0 Å². The molecule has 134 valence electrons. The van der Waals surface area contributed by atoms with E-state index in [1.807, 2.05) is 30.3 Å². The van der Waals surface area contributed by atoms with Crippen LogP contribution in [0.1, 0.15) is 11.6 Å². The molecule has 1 aliphatic rings. The molecule has 2 aromatic rings. The summed E-state index contributed by atoms with van der Waals surface area (Å²) >= 11 is 6.09. The van der Waals surface area contributed by atoms with Gasteiger partial charge in [-0.2, -0.15) is 4.72 Å². The van der Waals surface area contributed by atoms with E-state index in [4.69, 9.17) is 16.3 Å².